The molecule has 17 heavy (non-hydrogen) atoms. The van der Waals surface area contributed by atoms with E-state index in [-0.39, 0.29) is 11.8 Å². The minimum absolute atomic E-state index is 0.144. The molecule has 100 valence electrons. The largest absolute Gasteiger partial charge is 0.481 e. The summed E-state index contributed by atoms with van der Waals surface area (Å²) in [4.78, 5) is 15.5. The first-order chi connectivity index (χ1) is 7.80. The smallest absolute Gasteiger partial charge is 0.303 e. The second-order valence-corrected chi connectivity index (χ2v) is 6.15. The van der Waals surface area contributed by atoms with Crippen LogP contribution in [0, 0.1) is 5.41 Å². The van der Waals surface area contributed by atoms with Gasteiger partial charge >= 0.3 is 5.97 Å². The number of piperazine rings is 1. The van der Waals surface area contributed by atoms with Crippen molar-refractivity contribution in [2.24, 2.45) is 5.41 Å². The molecule has 0 aliphatic carbocycles. The van der Waals surface area contributed by atoms with Crippen molar-refractivity contribution in [2.75, 3.05) is 33.2 Å². The highest BCUT2D eigenvalue weighted by molar-refractivity contribution is 5.66. The van der Waals surface area contributed by atoms with E-state index in [1.807, 2.05) is 0 Å². The Bertz CT molecular complexity index is 253. The third kappa shape index (κ3) is 4.64. The number of carboxylic acids is 1. The van der Waals surface area contributed by atoms with Crippen LogP contribution in [0.25, 0.3) is 0 Å². The molecule has 1 N–H and O–H groups in total. The minimum Gasteiger partial charge on any atom is -0.481 e. The Balaban J connectivity index is 2.60. The molecule has 0 aromatic rings. The van der Waals surface area contributed by atoms with E-state index >= 15 is 0 Å². The molecule has 0 amide bonds. The van der Waals surface area contributed by atoms with Crippen molar-refractivity contribution in [3.8, 4) is 0 Å². The van der Waals surface area contributed by atoms with E-state index in [0.29, 0.717) is 6.04 Å². The van der Waals surface area contributed by atoms with Crippen LogP contribution in [0.2, 0.25) is 0 Å². The van der Waals surface area contributed by atoms with Gasteiger partial charge in [0.25, 0.3) is 0 Å². The lowest BCUT2D eigenvalue weighted by molar-refractivity contribution is -0.137. The summed E-state index contributed by atoms with van der Waals surface area (Å²) in [6, 6.07) is 0.368. The standard InChI is InChI=1S/C13H26N2O2/c1-13(2,3)11(5-6-12(16)17)15-9-7-14(4)8-10-15/h11H,5-10H2,1-4H3,(H,16,17). The number of aliphatic carboxylic acids is 1. The van der Waals surface area contributed by atoms with Crippen LogP contribution in [0.5, 0.6) is 0 Å². The van der Waals surface area contributed by atoms with Crippen LogP contribution in [0.15, 0.2) is 0 Å². The zero-order valence-corrected chi connectivity index (χ0v) is 11.6. The van der Waals surface area contributed by atoms with E-state index in [1.165, 1.54) is 0 Å². The van der Waals surface area contributed by atoms with E-state index in [9.17, 15) is 4.79 Å². The highest BCUT2D eigenvalue weighted by Gasteiger charge is 2.31. The van der Waals surface area contributed by atoms with Crippen LogP contribution in [0.1, 0.15) is 33.6 Å². The number of hydrogen-bond acceptors (Lipinski definition) is 3. The van der Waals surface area contributed by atoms with Crippen molar-refractivity contribution >= 4 is 5.97 Å². The summed E-state index contributed by atoms with van der Waals surface area (Å²) in [5.41, 5.74) is 0.144. The van der Waals surface area contributed by atoms with E-state index in [0.717, 1.165) is 32.6 Å². The second kappa shape index (κ2) is 5.83. The third-order valence-electron chi connectivity index (χ3n) is 3.61. The summed E-state index contributed by atoms with van der Waals surface area (Å²) in [6.07, 6.45) is 1.02. The molecule has 0 bridgehead atoms. The lowest BCUT2D eigenvalue weighted by atomic mass is 9.82. The predicted octanol–water partition coefficient (Wildman–Crippen LogP) is 1.51. The van der Waals surface area contributed by atoms with Crippen molar-refractivity contribution in [1.29, 1.82) is 0 Å². The van der Waals surface area contributed by atoms with Gasteiger partial charge in [-0.25, -0.2) is 0 Å². The summed E-state index contributed by atoms with van der Waals surface area (Å²) >= 11 is 0. The molecule has 0 aromatic heterocycles. The van der Waals surface area contributed by atoms with E-state index in [2.05, 4.69) is 37.6 Å². The van der Waals surface area contributed by atoms with Crippen LogP contribution >= 0.6 is 0 Å². The topological polar surface area (TPSA) is 43.8 Å². The van der Waals surface area contributed by atoms with Crippen LogP contribution < -0.4 is 0 Å². The molecule has 1 unspecified atom stereocenters. The Hall–Kier alpha value is -0.610. The maximum Gasteiger partial charge on any atom is 0.303 e. The SMILES string of the molecule is CN1CCN(C(CCC(=O)O)C(C)(C)C)CC1. The van der Waals surface area contributed by atoms with E-state index in [4.69, 9.17) is 5.11 Å². The summed E-state index contributed by atoms with van der Waals surface area (Å²) in [6.45, 7) is 10.9. The number of rotatable bonds is 4. The summed E-state index contributed by atoms with van der Waals surface area (Å²) in [7, 11) is 2.14. The first-order valence-corrected chi connectivity index (χ1v) is 6.45. The van der Waals surface area contributed by atoms with Crippen LogP contribution in [0.4, 0.5) is 0 Å². The number of carboxylic acid groups (broad SMARTS) is 1. The van der Waals surface area contributed by atoms with Gasteiger partial charge in [0.15, 0.2) is 0 Å². The molecule has 1 heterocycles. The maximum absolute atomic E-state index is 10.7. The molecule has 0 radical (unpaired) electrons. The molecular weight excluding hydrogens is 216 g/mol. The van der Waals surface area contributed by atoms with Gasteiger partial charge in [-0.2, -0.15) is 0 Å². The Morgan fingerprint density at radius 3 is 2.18 bits per heavy atom. The van der Waals surface area contributed by atoms with Gasteiger partial charge in [-0.3, -0.25) is 9.69 Å². The molecule has 0 spiro atoms. The highest BCUT2D eigenvalue weighted by Crippen LogP contribution is 2.28. The average molecular weight is 242 g/mol. The zero-order chi connectivity index (χ0) is 13.1. The number of likely N-dealkylation sites (N-methyl/N-ethyl adjacent to an activating group) is 1. The van der Waals surface area contributed by atoms with Gasteiger partial charge in [0.2, 0.25) is 0 Å². The van der Waals surface area contributed by atoms with Crippen molar-refractivity contribution in [3.05, 3.63) is 0 Å². The fraction of sp³-hybridized carbons (Fsp3) is 0.923. The molecule has 4 heteroatoms. The molecule has 1 rings (SSSR count). The van der Waals surface area contributed by atoms with Gasteiger partial charge in [0, 0.05) is 38.6 Å². The molecule has 0 aromatic carbocycles. The van der Waals surface area contributed by atoms with Crippen LogP contribution in [0.3, 0.4) is 0 Å². The summed E-state index contributed by atoms with van der Waals surface area (Å²) in [5, 5.41) is 8.84. The van der Waals surface area contributed by atoms with Crippen molar-refractivity contribution < 1.29 is 9.90 Å². The molecule has 1 aliphatic rings. The molecule has 1 aliphatic heterocycles. The van der Waals surface area contributed by atoms with Gasteiger partial charge < -0.3 is 10.0 Å². The minimum atomic E-state index is -0.687. The summed E-state index contributed by atoms with van der Waals surface area (Å²) < 4.78 is 0. The lowest BCUT2D eigenvalue weighted by Crippen LogP contribution is -2.53. The Labute approximate surface area is 105 Å². The monoisotopic (exact) mass is 242 g/mol. The van der Waals surface area contributed by atoms with Gasteiger partial charge in [0.05, 0.1) is 0 Å². The predicted molar refractivity (Wildman–Crippen MR) is 69.2 cm³/mol. The first kappa shape index (κ1) is 14.5. The van der Waals surface area contributed by atoms with Crippen LogP contribution in [-0.4, -0.2) is 60.1 Å². The lowest BCUT2D eigenvalue weighted by Gasteiger charge is -2.44. The van der Waals surface area contributed by atoms with Gasteiger partial charge in [-0.05, 0) is 18.9 Å². The zero-order valence-electron chi connectivity index (χ0n) is 11.6. The summed E-state index contributed by atoms with van der Waals surface area (Å²) in [5.74, 6) is -0.687. The molecule has 1 saturated heterocycles. The third-order valence-corrected chi connectivity index (χ3v) is 3.61. The second-order valence-electron chi connectivity index (χ2n) is 6.15. The molecular formula is C13H26N2O2. The van der Waals surface area contributed by atoms with Gasteiger partial charge in [-0.15, -0.1) is 0 Å². The van der Waals surface area contributed by atoms with E-state index < -0.39 is 5.97 Å². The Morgan fingerprint density at radius 1 is 1.24 bits per heavy atom. The Morgan fingerprint density at radius 2 is 1.76 bits per heavy atom. The average Bonchev–Trinajstić information content (AvgIpc) is 2.18. The van der Waals surface area contributed by atoms with E-state index in [1.54, 1.807) is 0 Å². The fourth-order valence-corrected chi connectivity index (χ4v) is 2.56. The number of nitrogens with zero attached hydrogens (tertiary/aromatic N) is 2. The maximum atomic E-state index is 10.7. The fourth-order valence-electron chi connectivity index (χ4n) is 2.56. The first-order valence-electron chi connectivity index (χ1n) is 6.45. The van der Waals surface area contributed by atoms with Crippen molar-refractivity contribution in [3.63, 3.8) is 0 Å². The Kier molecular flexibility index (Phi) is 4.95. The number of carbonyl (C=O) groups is 1. The molecule has 4 nitrogen and oxygen atoms in total. The van der Waals surface area contributed by atoms with Crippen LogP contribution in [-0.2, 0) is 4.79 Å². The van der Waals surface area contributed by atoms with Gasteiger partial charge in [-0.1, -0.05) is 20.8 Å². The highest BCUT2D eigenvalue weighted by atomic mass is 16.4. The van der Waals surface area contributed by atoms with Crippen molar-refractivity contribution in [1.82, 2.24) is 9.80 Å². The molecule has 1 fully saturated rings. The molecule has 0 saturated carbocycles. The molecule has 1 atom stereocenters. The normalized spacial score (nSPS) is 21.4. The van der Waals surface area contributed by atoms with Gasteiger partial charge in [0.1, 0.15) is 0 Å². The number of hydrogen-bond donors (Lipinski definition) is 1. The van der Waals surface area contributed by atoms with Crippen molar-refractivity contribution in [2.45, 2.75) is 39.7 Å². The quantitative estimate of drug-likeness (QED) is 0.811.